The summed E-state index contributed by atoms with van der Waals surface area (Å²) in [5.74, 6) is 0.236. The van der Waals surface area contributed by atoms with Gasteiger partial charge in [-0.05, 0) is 17.9 Å². The number of nitrogens with one attached hydrogen (secondary N) is 1. The van der Waals surface area contributed by atoms with Crippen molar-refractivity contribution in [2.24, 2.45) is 5.73 Å². The topological polar surface area (TPSA) is 59.1 Å². The number of thiophene rings is 1. The molecule has 0 bridgehead atoms. The molecule has 0 aliphatic carbocycles. The molecule has 0 saturated carbocycles. The van der Waals surface area contributed by atoms with Crippen LogP contribution in [0.15, 0.2) is 17.5 Å². The molecule has 4 heteroatoms. The lowest BCUT2D eigenvalue weighted by Gasteiger charge is -2.01. The van der Waals surface area contributed by atoms with Crippen molar-refractivity contribution < 1.29 is 4.74 Å². The SMILES string of the molecule is N=C(N)CCCOCc1cccs1. The summed E-state index contributed by atoms with van der Waals surface area (Å²) in [6.45, 7) is 1.35. The van der Waals surface area contributed by atoms with Gasteiger partial charge in [-0.2, -0.15) is 0 Å². The van der Waals surface area contributed by atoms with Crippen LogP contribution in [0.25, 0.3) is 0 Å². The van der Waals surface area contributed by atoms with Crippen molar-refractivity contribution >= 4 is 17.2 Å². The fourth-order valence-corrected chi connectivity index (χ4v) is 1.57. The molecular formula is C9H14N2OS. The molecule has 0 unspecified atom stereocenters. The minimum absolute atomic E-state index is 0.236. The minimum atomic E-state index is 0.236. The summed E-state index contributed by atoms with van der Waals surface area (Å²) in [5, 5.41) is 9.03. The molecule has 0 atom stereocenters. The second kappa shape index (κ2) is 5.72. The number of amidine groups is 1. The molecule has 0 amide bonds. The third kappa shape index (κ3) is 4.65. The molecule has 0 radical (unpaired) electrons. The van der Waals surface area contributed by atoms with Crippen molar-refractivity contribution in [2.75, 3.05) is 6.61 Å². The van der Waals surface area contributed by atoms with E-state index in [2.05, 4.69) is 6.07 Å². The van der Waals surface area contributed by atoms with Gasteiger partial charge in [0.1, 0.15) is 0 Å². The zero-order valence-corrected chi connectivity index (χ0v) is 8.27. The van der Waals surface area contributed by atoms with E-state index in [1.165, 1.54) is 4.88 Å². The van der Waals surface area contributed by atoms with Crippen LogP contribution in [0.5, 0.6) is 0 Å². The van der Waals surface area contributed by atoms with E-state index in [0.29, 0.717) is 19.6 Å². The van der Waals surface area contributed by atoms with Crippen molar-refractivity contribution in [3.63, 3.8) is 0 Å². The largest absolute Gasteiger partial charge is 0.388 e. The van der Waals surface area contributed by atoms with Gasteiger partial charge in [0.25, 0.3) is 0 Å². The third-order valence-electron chi connectivity index (χ3n) is 1.56. The molecule has 0 aliphatic heterocycles. The van der Waals surface area contributed by atoms with E-state index in [0.717, 1.165) is 6.42 Å². The Morgan fingerprint density at radius 2 is 2.46 bits per heavy atom. The van der Waals surface area contributed by atoms with Crippen LogP contribution in [0, 0.1) is 5.41 Å². The number of hydrogen-bond acceptors (Lipinski definition) is 3. The summed E-state index contributed by atoms with van der Waals surface area (Å²) in [5.41, 5.74) is 5.20. The summed E-state index contributed by atoms with van der Waals surface area (Å²) in [4.78, 5) is 1.24. The molecule has 0 aliphatic rings. The summed E-state index contributed by atoms with van der Waals surface area (Å²) in [7, 11) is 0. The molecule has 1 aromatic heterocycles. The standard InChI is InChI=1S/C9H14N2OS/c10-9(11)4-1-5-12-7-8-3-2-6-13-8/h2-3,6H,1,4-5,7H2,(H3,10,11). The van der Waals surface area contributed by atoms with Crippen molar-refractivity contribution in [2.45, 2.75) is 19.4 Å². The lowest BCUT2D eigenvalue weighted by Crippen LogP contribution is -2.10. The van der Waals surface area contributed by atoms with Crippen LogP contribution in [0.4, 0.5) is 0 Å². The maximum Gasteiger partial charge on any atom is 0.0906 e. The molecular weight excluding hydrogens is 184 g/mol. The number of hydrogen-bond donors (Lipinski definition) is 2. The van der Waals surface area contributed by atoms with Gasteiger partial charge < -0.3 is 10.5 Å². The van der Waals surface area contributed by atoms with Crippen LogP contribution >= 0.6 is 11.3 Å². The first-order valence-electron chi connectivity index (χ1n) is 4.22. The van der Waals surface area contributed by atoms with Crippen LogP contribution in [0.3, 0.4) is 0 Å². The average Bonchev–Trinajstić information content (AvgIpc) is 2.55. The zero-order chi connectivity index (χ0) is 9.52. The lowest BCUT2D eigenvalue weighted by molar-refractivity contribution is 0.122. The first kappa shape index (κ1) is 10.2. The highest BCUT2D eigenvalue weighted by Crippen LogP contribution is 2.09. The van der Waals surface area contributed by atoms with Gasteiger partial charge in [-0.15, -0.1) is 11.3 Å². The van der Waals surface area contributed by atoms with E-state index in [1.807, 2.05) is 11.4 Å². The molecule has 0 saturated heterocycles. The summed E-state index contributed by atoms with van der Waals surface area (Å²) in [6, 6.07) is 4.06. The van der Waals surface area contributed by atoms with Crippen LogP contribution in [-0.4, -0.2) is 12.4 Å². The van der Waals surface area contributed by atoms with Crippen LogP contribution in [-0.2, 0) is 11.3 Å². The van der Waals surface area contributed by atoms with Gasteiger partial charge in [0.15, 0.2) is 0 Å². The first-order valence-corrected chi connectivity index (χ1v) is 5.10. The van der Waals surface area contributed by atoms with Crippen molar-refractivity contribution in [1.82, 2.24) is 0 Å². The predicted octanol–water partition coefficient (Wildman–Crippen LogP) is 1.98. The maximum absolute atomic E-state index is 6.99. The van der Waals surface area contributed by atoms with E-state index >= 15 is 0 Å². The second-order valence-corrected chi connectivity index (χ2v) is 3.79. The molecule has 13 heavy (non-hydrogen) atoms. The van der Waals surface area contributed by atoms with Crippen molar-refractivity contribution in [3.05, 3.63) is 22.4 Å². The second-order valence-electron chi connectivity index (χ2n) is 2.76. The van der Waals surface area contributed by atoms with Gasteiger partial charge in [0.2, 0.25) is 0 Å². The Bertz CT molecular complexity index is 246. The Labute approximate surface area is 82.0 Å². The molecule has 3 nitrogen and oxygen atoms in total. The van der Waals surface area contributed by atoms with Gasteiger partial charge >= 0.3 is 0 Å². The van der Waals surface area contributed by atoms with E-state index in [9.17, 15) is 0 Å². The van der Waals surface area contributed by atoms with Gasteiger partial charge in [0.05, 0.1) is 12.4 Å². The van der Waals surface area contributed by atoms with E-state index in [-0.39, 0.29) is 5.84 Å². The Morgan fingerprint density at radius 1 is 1.62 bits per heavy atom. The highest BCUT2D eigenvalue weighted by molar-refractivity contribution is 7.09. The molecule has 0 spiro atoms. The summed E-state index contributed by atoms with van der Waals surface area (Å²) in [6.07, 6.45) is 1.46. The van der Waals surface area contributed by atoms with Crippen LogP contribution in [0.1, 0.15) is 17.7 Å². The number of ether oxygens (including phenoxy) is 1. The average molecular weight is 198 g/mol. The maximum atomic E-state index is 6.99. The Balaban J connectivity index is 1.99. The molecule has 1 aromatic rings. The Kier molecular flexibility index (Phi) is 4.49. The van der Waals surface area contributed by atoms with Crippen molar-refractivity contribution in [3.8, 4) is 0 Å². The van der Waals surface area contributed by atoms with E-state index in [1.54, 1.807) is 11.3 Å². The fourth-order valence-electron chi connectivity index (χ4n) is 0.932. The van der Waals surface area contributed by atoms with Gasteiger partial charge in [0, 0.05) is 17.9 Å². The monoisotopic (exact) mass is 198 g/mol. The molecule has 1 heterocycles. The van der Waals surface area contributed by atoms with Gasteiger partial charge in [-0.1, -0.05) is 6.07 Å². The predicted molar refractivity (Wildman–Crippen MR) is 55.1 cm³/mol. The normalized spacial score (nSPS) is 10.2. The van der Waals surface area contributed by atoms with Gasteiger partial charge in [-0.3, -0.25) is 5.41 Å². The van der Waals surface area contributed by atoms with Crippen molar-refractivity contribution in [1.29, 1.82) is 5.41 Å². The third-order valence-corrected chi connectivity index (χ3v) is 2.41. The quantitative estimate of drug-likeness (QED) is 0.417. The highest BCUT2D eigenvalue weighted by Gasteiger charge is 1.94. The lowest BCUT2D eigenvalue weighted by atomic mass is 10.3. The number of nitrogens with two attached hydrogens (primary N) is 1. The summed E-state index contributed by atoms with van der Waals surface area (Å²) >= 11 is 1.70. The molecule has 1 rings (SSSR count). The molecule has 0 fully saturated rings. The van der Waals surface area contributed by atoms with Crippen LogP contribution < -0.4 is 5.73 Å². The van der Waals surface area contributed by atoms with E-state index < -0.39 is 0 Å². The molecule has 3 N–H and O–H groups in total. The highest BCUT2D eigenvalue weighted by atomic mass is 32.1. The zero-order valence-electron chi connectivity index (χ0n) is 7.45. The number of rotatable bonds is 6. The fraction of sp³-hybridized carbons (Fsp3) is 0.444. The minimum Gasteiger partial charge on any atom is -0.388 e. The summed E-state index contributed by atoms with van der Waals surface area (Å²) < 4.78 is 5.39. The smallest absolute Gasteiger partial charge is 0.0906 e. The van der Waals surface area contributed by atoms with E-state index in [4.69, 9.17) is 15.9 Å². The van der Waals surface area contributed by atoms with Crippen LogP contribution in [0.2, 0.25) is 0 Å². The molecule has 72 valence electrons. The first-order chi connectivity index (χ1) is 6.29. The van der Waals surface area contributed by atoms with Gasteiger partial charge in [-0.25, -0.2) is 0 Å². The Hall–Kier alpha value is -0.870. The molecule has 0 aromatic carbocycles. The Morgan fingerprint density at radius 3 is 3.08 bits per heavy atom.